The van der Waals surface area contributed by atoms with Crippen LogP contribution in [0.1, 0.15) is 12.5 Å². The summed E-state index contributed by atoms with van der Waals surface area (Å²) < 4.78 is 10.9. The van der Waals surface area contributed by atoms with E-state index in [-0.39, 0.29) is 6.10 Å². The van der Waals surface area contributed by atoms with Crippen molar-refractivity contribution in [1.29, 1.82) is 0 Å². The first-order valence-electron chi connectivity index (χ1n) is 6.30. The Morgan fingerprint density at radius 3 is 2.83 bits per heavy atom. The van der Waals surface area contributed by atoms with Crippen LogP contribution in [0.3, 0.4) is 0 Å². The summed E-state index contributed by atoms with van der Waals surface area (Å²) in [4.78, 5) is 8.49. The van der Waals surface area contributed by atoms with E-state index in [4.69, 9.17) is 9.47 Å². The molecule has 1 aromatic heterocycles. The van der Waals surface area contributed by atoms with Gasteiger partial charge in [-0.15, -0.1) is 0 Å². The molecule has 6 nitrogen and oxygen atoms in total. The average molecular weight is 252 g/mol. The topological polar surface area (TPSA) is 68.3 Å². The molecular formula is C12H20N4O2. The predicted octanol–water partition coefficient (Wildman–Crippen LogP) is 0.908. The first-order valence-corrected chi connectivity index (χ1v) is 6.30. The zero-order chi connectivity index (χ0) is 12.8. The second-order valence-electron chi connectivity index (χ2n) is 4.10. The van der Waals surface area contributed by atoms with Gasteiger partial charge in [0.15, 0.2) is 0 Å². The van der Waals surface area contributed by atoms with E-state index in [1.54, 1.807) is 6.33 Å². The Bertz CT molecular complexity index is 380. The molecule has 1 unspecified atom stereocenters. The smallest absolute Gasteiger partial charge is 0.134 e. The lowest BCUT2D eigenvalue weighted by Crippen LogP contribution is -2.34. The highest BCUT2D eigenvalue weighted by Gasteiger charge is 2.15. The van der Waals surface area contributed by atoms with Gasteiger partial charge in [-0.25, -0.2) is 9.97 Å². The summed E-state index contributed by atoms with van der Waals surface area (Å²) in [5, 5.41) is 6.39. The van der Waals surface area contributed by atoms with Crippen LogP contribution in [-0.4, -0.2) is 49.5 Å². The number of nitrogens with one attached hydrogen (secondary N) is 2. The second-order valence-corrected chi connectivity index (χ2v) is 4.10. The van der Waals surface area contributed by atoms with Gasteiger partial charge >= 0.3 is 0 Å². The molecule has 1 fully saturated rings. The van der Waals surface area contributed by atoms with Crippen molar-refractivity contribution < 1.29 is 9.47 Å². The van der Waals surface area contributed by atoms with Crippen molar-refractivity contribution in [2.45, 2.75) is 19.4 Å². The molecule has 0 radical (unpaired) electrons. The molecule has 0 spiro atoms. The number of nitrogens with zero attached hydrogens (tertiary/aromatic N) is 2. The van der Waals surface area contributed by atoms with Crippen LogP contribution in [0.15, 0.2) is 6.33 Å². The van der Waals surface area contributed by atoms with Gasteiger partial charge < -0.3 is 20.1 Å². The zero-order valence-electron chi connectivity index (χ0n) is 10.9. The standard InChI is InChI=1S/C12H20N4O2/c1-3-10-11(13-2)15-8-16-12(10)14-6-9-7-17-4-5-18-9/h8-9H,3-7H2,1-2H3,(H2,13,14,15,16). The van der Waals surface area contributed by atoms with Gasteiger partial charge in [0.2, 0.25) is 0 Å². The number of hydrogen-bond donors (Lipinski definition) is 2. The van der Waals surface area contributed by atoms with E-state index in [0.717, 1.165) is 23.6 Å². The molecule has 1 aromatic rings. The molecular weight excluding hydrogens is 232 g/mol. The van der Waals surface area contributed by atoms with Crippen LogP contribution in [0, 0.1) is 0 Å². The van der Waals surface area contributed by atoms with E-state index in [0.29, 0.717) is 26.4 Å². The Hall–Kier alpha value is -1.40. The molecule has 18 heavy (non-hydrogen) atoms. The molecule has 0 aromatic carbocycles. The minimum Gasteiger partial charge on any atom is -0.376 e. The molecule has 0 bridgehead atoms. The highest BCUT2D eigenvalue weighted by atomic mass is 16.6. The lowest BCUT2D eigenvalue weighted by molar-refractivity contribution is -0.0819. The van der Waals surface area contributed by atoms with Gasteiger partial charge in [-0.1, -0.05) is 6.92 Å². The molecule has 0 amide bonds. The maximum absolute atomic E-state index is 5.58. The van der Waals surface area contributed by atoms with Crippen LogP contribution in [0.2, 0.25) is 0 Å². The van der Waals surface area contributed by atoms with Crippen molar-refractivity contribution in [3.8, 4) is 0 Å². The molecule has 2 rings (SSSR count). The van der Waals surface area contributed by atoms with Crippen molar-refractivity contribution in [2.75, 3.05) is 44.0 Å². The van der Waals surface area contributed by atoms with E-state index < -0.39 is 0 Å². The quantitative estimate of drug-likeness (QED) is 0.812. The van der Waals surface area contributed by atoms with Gasteiger partial charge in [0.05, 0.1) is 25.9 Å². The van der Waals surface area contributed by atoms with Crippen molar-refractivity contribution in [1.82, 2.24) is 9.97 Å². The van der Waals surface area contributed by atoms with Crippen LogP contribution in [0.5, 0.6) is 0 Å². The largest absolute Gasteiger partial charge is 0.376 e. The Kier molecular flexibility index (Phi) is 4.72. The highest BCUT2D eigenvalue weighted by Crippen LogP contribution is 2.19. The second kappa shape index (κ2) is 6.51. The van der Waals surface area contributed by atoms with Gasteiger partial charge in [0, 0.05) is 19.2 Å². The van der Waals surface area contributed by atoms with Crippen molar-refractivity contribution in [2.24, 2.45) is 0 Å². The number of aromatic nitrogens is 2. The summed E-state index contributed by atoms with van der Waals surface area (Å²) in [5.74, 6) is 1.74. The van der Waals surface area contributed by atoms with E-state index in [1.165, 1.54) is 0 Å². The van der Waals surface area contributed by atoms with E-state index in [1.807, 2.05) is 7.05 Å². The average Bonchev–Trinajstić information content (AvgIpc) is 2.45. The highest BCUT2D eigenvalue weighted by molar-refractivity contribution is 5.57. The van der Waals surface area contributed by atoms with Gasteiger partial charge in [-0.3, -0.25) is 0 Å². The Morgan fingerprint density at radius 2 is 2.17 bits per heavy atom. The predicted molar refractivity (Wildman–Crippen MR) is 70.0 cm³/mol. The number of rotatable bonds is 5. The number of anilines is 2. The van der Waals surface area contributed by atoms with Crippen LogP contribution in [-0.2, 0) is 15.9 Å². The Labute approximate surface area is 107 Å². The fraction of sp³-hybridized carbons (Fsp3) is 0.667. The molecule has 0 aliphatic carbocycles. The molecule has 100 valence electrons. The fourth-order valence-corrected chi connectivity index (χ4v) is 1.98. The number of hydrogen-bond acceptors (Lipinski definition) is 6. The Morgan fingerprint density at radius 1 is 1.33 bits per heavy atom. The fourth-order valence-electron chi connectivity index (χ4n) is 1.98. The van der Waals surface area contributed by atoms with Crippen LogP contribution in [0.4, 0.5) is 11.6 Å². The van der Waals surface area contributed by atoms with Crippen LogP contribution >= 0.6 is 0 Å². The third-order valence-corrected chi connectivity index (χ3v) is 2.92. The Balaban J connectivity index is 1.99. The van der Waals surface area contributed by atoms with Gasteiger partial charge in [0.25, 0.3) is 0 Å². The van der Waals surface area contributed by atoms with Crippen LogP contribution in [0.25, 0.3) is 0 Å². The maximum Gasteiger partial charge on any atom is 0.134 e. The van der Waals surface area contributed by atoms with Crippen molar-refractivity contribution in [3.63, 3.8) is 0 Å². The SMILES string of the molecule is CCc1c(NC)ncnc1NCC1COCCO1. The number of ether oxygens (including phenoxy) is 2. The van der Waals surface area contributed by atoms with Crippen molar-refractivity contribution >= 4 is 11.6 Å². The molecule has 1 atom stereocenters. The van der Waals surface area contributed by atoms with E-state index in [9.17, 15) is 0 Å². The lowest BCUT2D eigenvalue weighted by atomic mass is 10.2. The third-order valence-electron chi connectivity index (χ3n) is 2.92. The summed E-state index contributed by atoms with van der Waals surface area (Å²) in [6, 6.07) is 0. The van der Waals surface area contributed by atoms with Gasteiger partial charge in [0.1, 0.15) is 18.0 Å². The summed E-state index contributed by atoms with van der Waals surface area (Å²) >= 11 is 0. The normalized spacial score (nSPS) is 19.6. The van der Waals surface area contributed by atoms with Crippen LogP contribution < -0.4 is 10.6 Å². The maximum atomic E-state index is 5.58. The first kappa shape index (κ1) is 13.0. The van der Waals surface area contributed by atoms with Gasteiger partial charge in [-0.2, -0.15) is 0 Å². The van der Waals surface area contributed by atoms with Crippen molar-refractivity contribution in [3.05, 3.63) is 11.9 Å². The molecule has 2 N–H and O–H groups in total. The first-order chi connectivity index (χ1) is 8.85. The lowest BCUT2D eigenvalue weighted by Gasteiger charge is -2.23. The molecule has 0 saturated carbocycles. The molecule has 6 heteroatoms. The summed E-state index contributed by atoms with van der Waals surface area (Å²) in [6.45, 7) is 4.78. The van der Waals surface area contributed by atoms with Gasteiger partial charge in [-0.05, 0) is 6.42 Å². The molecule has 1 saturated heterocycles. The minimum atomic E-state index is 0.0939. The molecule has 2 heterocycles. The minimum absolute atomic E-state index is 0.0939. The molecule has 1 aliphatic heterocycles. The van der Waals surface area contributed by atoms with E-state index >= 15 is 0 Å². The summed E-state index contributed by atoms with van der Waals surface area (Å²) in [6.07, 6.45) is 2.53. The summed E-state index contributed by atoms with van der Waals surface area (Å²) in [7, 11) is 1.86. The molecule has 1 aliphatic rings. The summed E-state index contributed by atoms with van der Waals surface area (Å²) in [5.41, 5.74) is 1.09. The zero-order valence-corrected chi connectivity index (χ0v) is 10.9. The van der Waals surface area contributed by atoms with E-state index in [2.05, 4.69) is 27.5 Å². The third kappa shape index (κ3) is 3.08. The monoisotopic (exact) mass is 252 g/mol.